The van der Waals surface area contributed by atoms with E-state index in [-0.39, 0.29) is 5.37 Å². The van der Waals surface area contributed by atoms with Gasteiger partial charge in [0, 0.05) is 12.3 Å². The number of nitrogens with zero attached hydrogens (tertiary/aromatic N) is 1. The number of hydrogen-bond acceptors (Lipinski definition) is 6. The van der Waals surface area contributed by atoms with Crippen molar-refractivity contribution in [1.29, 1.82) is 0 Å². The summed E-state index contributed by atoms with van der Waals surface area (Å²) in [7, 11) is 1.62. The predicted molar refractivity (Wildman–Crippen MR) is 96.0 cm³/mol. The number of methoxy groups -OCH3 is 1. The highest BCUT2D eigenvalue weighted by atomic mass is 32.2. The molecule has 0 bridgehead atoms. The summed E-state index contributed by atoms with van der Waals surface area (Å²) in [6.07, 6.45) is 0. The van der Waals surface area contributed by atoms with Gasteiger partial charge >= 0.3 is 5.97 Å². The zero-order valence-corrected chi connectivity index (χ0v) is 15.3. The molecule has 1 saturated heterocycles. The molecule has 0 aromatic heterocycles. The highest BCUT2D eigenvalue weighted by Gasteiger charge is 2.30. The van der Waals surface area contributed by atoms with Gasteiger partial charge in [-0.05, 0) is 30.8 Å². The van der Waals surface area contributed by atoms with E-state index in [1.54, 1.807) is 18.9 Å². The van der Waals surface area contributed by atoms with Gasteiger partial charge in [0.1, 0.15) is 12.6 Å². The van der Waals surface area contributed by atoms with Crippen LogP contribution in [0.4, 0.5) is 0 Å². The maximum absolute atomic E-state index is 11.1. The van der Waals surface area contributed by atoms with Gasteiger partial charge < -0.3 is 19.5 Å². The Kier molecular flexibility index (Phi) is 7.20. The zero-order chi connectivity index (χ0) is 17.5. The third-order valence-corrected chi connectivity index (χ3v) is 5.40. The van der Waals surface area contributed by atoms with Gasteiger partial charge in [0.2, 0.25) is 0 Å². The smallest absolute Gasteiger partial charge is 0.321 e. The van der Waals surface area contributed by atoms with Crippen molar-refractivity contribution in [3.8, 4) is 11.5 Å². The number of rotatable bonds is 9. The Balaban J connectivity index is 1.99. The van der Waals surface area contributed by atoms with Crippen molar-refractivity contribution in [3.05, 3.63) is 23.8 Å². The lowest BCUT2D eigenvalue weighted by Crippen LogP contribution is -2.33. The fraction of sp³-hybridized carbons (Fsp3) is 0.588. The van der Waals surface area contributed by atoms with Gasteiger partial charge in [0.05, 0.1) is 12.5 Å². The van der Waals surface area contributed by atoms with Crippen molar-refractivity contribution >= 4 is 17.7 Å². The van der Waals surface area contributed by atoms with Crippen LogP contribution in [0.1, 0.15) is 24.8 Å². The van der Waals surface area contributed by atoms with Crippen LogP contribution in [0.5, 0.6) is 11.5 Å². The van der Waals surface area contributed by atoms with E-state index >= 15 is 0 Å². The molecule has 1 aromatic carbocycles. The lowest BCUT2D eigenvalue weighted by molar-refractivity contribution is -0.138. The molecule has 2 atom stereocenters. The summed E-state index contributed by atoms with van der Waals surface area (Å²) in [5, 5.41) is 12.2. The SMILES string of the molecule is CCN(CC)CCOc1ccc(C2NC(C(=O)O)CS2)cc1OC. The molecule has 1 aromatic rings. The van der Waals surface area contributed by atoms with E-state index in [9.17, 15) is 4.79 Å². The average Bonchev–Trinajstić information content (AvgIpc) is 3.09. The molecule has 134 valence electrons. The van der Waals surface area contributed by atoms with E-state index in [1.807, 2.05) is 18.2 Å². The molecule has 1 aliphatic heterocycles. The van der Waals surface area contributed by atoms with Crippen LogP contribution in [0.15, 0.2) is 18.2 Å². The van der Waals surface area contributed by atoms with Gasteiger partial charge in [0.25, 0.3) is 0 Å². The minimum absolute atomic E-state index is 0.0373. The number of carbonyl (C=O) groups is 1. The molecule has 6 nitrogen and oxygen atoms in total. The van der Waals surface area contributed by atoms with E-state index in [1.165, 1.54) is 0 Å². The Morgan fingerprint density at radius 3 is 2.71 bits per heavy atom. The topological polar surface area (TPSA) is 71.0 Å². The van der Waals surface area contributed by atoms with Gasteiger partial charge in [-0.2, -0.15) is 0 Å². The van der Waals surface area contributed by atoms with Crippen molar-refractivity contribution in [3.63, 3.8) is 0 Å². The van der Waals surface area contributed by atoms with E-state index in [0.29, 0.717) is 23.9 Å². The zero-order valence-electron chi connectivity index (χ0n) is 14.4. The van der Waals surface area contributed by atoms with Gasteiger partial charge in [-0.3, -0.25) is 10.1 Å². The predicted octanol–water partition coefficient (Wildman–Crippen LogP) is 2.20. The first-order valence-electron chi connectivity index (χ1n) is 8.22. The summed E-state index contributed by atoms with van der Waals surface area (Å²) in [4.78, 5) is 13.4. The fourth-order valence-corrected chi connectivity index (χ4v) is 3.82. The minimum Gasteiger partial charge on any atom is -0.493 e. The maximum Gasteiger partial charge on any atom is 0.321 e. The first kappa shape index (κ1) is 18.9. The number of nitrogens with one attached hydrogen (secondary N) is 1. The molecule has 7 heteroatoms. The Labute approximate surface area is 147 Å². The Morgan fingerprint density at radius 1 is 1.38 bits per heavy atom. The molecule has 0 spiro atoms. The van der Waals surface area contributed by atoms with Crippen molar-refractivity contribution in [2.24, 2.45) is 0 Å². The van der Waals surface area contributed by atoms with Crippen molar-refractivity contribution in [2.75, 3.05) is 39.1 Å². The van der Waals surface area contributed by atoms with Crippen LogP contribution in [0.3, 0.4) is 0 Å². The normalized spacial score (nSPS) is 20.3. The molecule has 1 aliphatic rings. The second-order valence-corrected chi connectivity index (χ2v) is 6.69. The second-order valence-electron chi connectivity index (χ2n) is 5.56. The number of likely N-dealkylation sites (N-methyl/N-ethyl adjacent to an activating group) is 1. The van der Waals surface area contributed by atoms with E-state index in [4.69, 9.17) is 14.6 Å². The molecule has 0 aliphatic carbocycles. The molecule has 0 saturated carbocycles. The van der Waals surface area contributed by atoms with E-state index < -0.39 is 12.0 Å². The summed E-state index contributed by atoms with van der Waals surface area (Å²) in [6, 6.07) is 5.27. The number of benzene rings is 1. The second kappa shape index (κ2) is 9.15. The maximum atomic E-state index is 11.1. The molecule has 24 heavy (non-hydrogen) atoms. The number of hydrogen-bond donors (Lipinski definition) is 2. The molecular formula is C17H26N2O4S. The van der Waals surface area contributed by atoms with Crippen molar-refractivity contribution in [1.82, 2.24) is 10.2 Å². The standard InChI is InChI=1S/C17H26N2O4S/c1-4-19(5-2)8-9-23-14-7-6-12(10-15(14)22-3)16-18-13(11-24-16)17(20)21/h6-7,10,13,16,18H,4-5,8-9,11H2,1-3H3,(H,20,21). The van der Waals surface area contributed by atoms with Gasteiger partial charge in [-0.25, -0.2) is 0 Å². The molecule has 0 amide bonds. The van der Waals surface area contributed by atoms with Crippen molar-refractivity contribution in [2.45, 2.75) is 25.3 Å². The summed E-state index contributed by atoms with van der Waals surface area (Å²) < 4.78 is 11.3. The van der Waals surface area contributed by atoms with Crippen LogP contribution in [-0.2, 0) is 4.79 Å². The average molecular weight is 354 g/mol. The van der Waals surface area contributed by atoms with Crippen LogP contribution >= 0.6 is 11.8 Å². The summed E-state index contributed by atoms with van der Waals surface area (Å²) in [5.41, 5.74) is 0.997. The quantitative estimate of drug-likeness (QED) is 0.704. The molecule has 2 unspecified atom stereocenters. The first-order valence-corrected chi connectivity index (χ1v) is 9.27. The summed E-state index contributed by atoms with van der Waals surface area (Å²) in [5.74, 6) is 1.14. The monoisotopic (exact) mass is 354 g/mol. The highest BCUT2D eigenvalue weighted by Crippen LogP contribution is 2.37. The summed E-state index contributed by atoms with van der Waals surface area (Å²) >= 11 is 1.59. The number of thioether (sulfide) groups is 1. The Morgan fingerprint density at radius 2 is 2.12 bits per heavy atom. The molecule has 1 fully saturated rings. The van der Waals surface area contributed by atoms with Gasteiger partial charge in [0.15, 0.2) is 11.5 Å². The first-order chi connectivity index (χ1) is 11.6. The van der Waals surface area contributed by atoms with Gasteiger partial charge in [-0.15, -0.1) is 11.8 Å². The largest absolute Gasteiger partial charge is 0.493 e. The molecule has 2 rings (SSSR count). The lowest BCUT2D eigenvalue weighted by atomic mass is 10.2. The molecular weight excluding hydrogens is 328 g/mol. The number of carboxylic acid groups (broad SMARTS) is 1. The van der Waals surface area contributed by atoms with E-state index in [2.05, 4.69) is 24.1 Å². The van der Waals surface area contributed by atoms with Crippen LogP contribution in [0.2, 0.25) is 0 Å². The van der Waals surface area contributed by atoms with Crippen LogP contribution < -0.4 is 14.8 Å². The van der Waals surface area contributed by atoms with Crippen LogP contribution in [0, 0.1) is 0 Å². The van der Waals surface area contributed by atoms with E-state index in [0.717, 1.165) is 25.2 Å². The third kappa shape index (κ3) is 4.78. The van der Waals surface area contributed by atoms with Gasteiger partial charge in [-0.1, -0.05) is 19.9 Å². The third-order valence-electron chi connectivity index (χ3n) is 4.13. The number of ether oxygens (including phenoxy) is 2. The molecule has 2 N–H and O–H groups in total. The molecule has 1 heterocycles. The highest BCUT2D eigenvalue weighted by molar-refractivity contribution is 7.99. The Bertz CT molecular complexity index is 551. The van der Waals surface area contributed by atoms with Crippen molar-refractivity contribution < 1.29 is 19.4 Å². The fourth-order valence-electron chi connectivity index (χ4n) is 2.60. The van der Waals surface area contributed by atoms with Crippen LogP contribution in [0.25, 0.3) is 0 Å². The number of aliphatic carboxylic acids is 1. The lowest BCUT2D eigenvalue weighted by Gasteiger charge is -2.19. The summed E-state index contributed by atoms with van der Waals surface area (Å²) in [6.45, 7) is 7.76. The van der Waals surface area contributed by atoms with Crippen LogP contribution in [-0.4, -0.2) is 61.1 Å². The Hall–Kier alpha value is -1.44. The molecule has 0 radical (unpaired) electrons. The number of carboxylic acids is 1. The minimum atomic E-state index is -0.812.